The number of urea groups is 1. The van der Waals surface area contributed by atoms with E-state index in [4.69, 9.17) is 4.74 Å². The zero-order valence-electron chi connectivity index (χ0n) is 17.1. The van der Waals surface area contributed by atoms with Crippen LogP contribution in [0.25, 0.3) is 11.3 Å². The standard InChI is InChI=1S/C21H22N6O3.FH.2H2/c1-13-7-14(8-13)20(28)26-21(29)25-19-4-3-17(11-23-19)30-16-5-6-22-18(9-16)15-10-24-27(2)12-15;;;/h3-6,9-14H,7-8H2,1-2H3,(H2,23,25,26,28,29);3*1H. The lowest BCUT2D eigenvalue weighted by Gasteiger charge is -2.30. The molecule has 3 heterocycles. The number of halogens is 1. The van der Waals surface area contributed by atoms with Gasteiger partial charge in [0.15, 0.2) is 0 Å². The summed E-state index contributed by atoms with van der Waals surface area (Å²) in [4.78, 5) is 32.4. The van der Waals surface area contributed by atoms with Crippen molar-refractivity contribution in [2.45, 2.75) is 19.8 Å². The molecule has 0 bridgehead atoms. The van der Waals surface area contributed by atoms with Gasteiger partial charge >= 0.3 is 6.03 Å². The molecule has 1 fully saturated rings. The number of anilines is 1. The molecule has 31 heavy (non-hydrogen) atoms. The highest BCUT2D eigenvalue weighted by Gasteiger charge is 2.32. The number of nitrogens with one attached hydrogen (secondary N) is 2. The van der Waals surface area contributed by atoms with Crippen LogP contribution in [0.1, 0.15) is 22.6 Å². The van der Waals surface area contributed by atoms with E-state index in [0.717, 1.165) is 24.1 Å². The number of carbonyl (C=O) groups excluding carboxylic acids is 2. The molecular weight excluding hydrogens is 403 g/mol. The Morgan fingerprint density at radius 3 is 2.61 bits per heavy atom. The number of hydrogen-bond donors (Lipinski definition) is 2. The summed E-state index contributed by atoms with van der Waals surface area (Å²) in [5.41, 5.74) is 1.63. The maximum absolute atomic E-state index is 12.0. The van der Waals surface area contributed by atoms with E-state index in [-0.39, 0.29) is 19.4 Å². The largest absolute Gasteiger partial charge is 0.456 e. The average molecular weight is 430 g/mol. The van der Waals surface area contributed by atoms with Crippen molar-refractivity contribution in [3.63, 3.8) is 0 Å². The SMILES string of the molecule is CC1CC(C(=O)NC(=O)Nc2ccc(Oc3ccnc(-c4cnn(C)c4)c3)cn2)C1.F.[HH].[HH]. The predicted octanol–water partition coefficient (Wildman–Crippen LogP) is 4.01. The minimum atomic E-state index is -0.587. The summed E-state index contributed by atoms with van der Waals surface area (Å²) in [5, 5.41) is 9.05. The Bertz CT molecular complexity index is 1070. The van der Waals surface area contributed by atoms with Crippen molar-refractivity contribution < 1.29 is 21.9 Å². The third-order valence-corrected chi connectivity index (χ3v) is 4.93. The number of pyridine rings is 2. The van der Waals surface area contributed by atoms with Gasteiger partial charge in [0, 0.05) is 39.8 Å². The number of carbonyl (C=O) groups is 2. The third-order valence-electron chi connectivity index (χ3n) is 4.93. The van der Waals surface area contributed by atoms with Crippen LogP contribution < -0.4 is 15.4 Å². The van der Waals surface area contributed by atoms with Crippen LogP contribution in [-0.2, 0) is 11.8 Å². The van der Waals surface area contributed by atoms with Gasteiger partial charge in [0.05, 0.1) is 18.1 Å². The van der Waals surface area contributed by atoms with Crippen molar-refractivity contribution in [1.29, 1.82) is 0 Å². The number of rotatable bonds is 5. The molecule has 3 amide bonds. The molecule has 0 spiro atoms. The Morgan fingerprint density at radius 2 is 1.97 bits per heavy atom. The van der Waals surface area contributed by atoms with E-state index in [1.54, 1.807) is 35.3 Å². The van der Waals surface area contributed by atoms with Crippen LogP contribution in [-0.4, -0.2) is 31.7 Å². The van der Waals surface area contributed by atoms with E-state index in [1.165, 1.54) is 6.20 Å². The first-order valence-electron chi connectivity index (χ1n) is 9.67. The third kappa shape index (κ3) is 5.41. The molecule has 0 aliphatic heterocycles. The highest BCUT2D eigenvalue weighted by atomic mass is 19.0. The maximum atomic E-state index is 12.0. The van der Waals surface area contributed by atoms with Gasteiger partial charge in [-0.15, -0.1) is 0 Å². The van der Waals surface area contributed by atoms with Gasteiger partial charge in [-0.3, -0.25) is 29.8 Å². The van der Waals surface area contributed by atoms with E-state index in [1.807, 2.05) is 19.3 Å². The molecule has 0 saturated heterocycles. The van der Waals surface area contributed by atoms with Gasteiger partial charge in [-0.1, -0.05) is 6.92 Å². The Balaban J connectivity index is 0.00000181. The van der Waals surface area contributed by atoms with E-state index in [0.29, 0.717) is 23.2 Å². The summed E-state index contributed by atoms with van der Waals surface area (Å²) in [6.45, 7) is 2.09. The second kappa shape index (κ2) is 9.33. The highest BCUT2D eigenvalue weighted by molar-refractivity contribution is 6.01. The number of nitrogens with zero attached hydrogens (tertiary/aromatic N) is 4. The predicted molar refractivity (Wildman–Crippen MR) is 117 cm³/mol. The molecule has 10 heteroatoms. The molecule has 1 saturated carbocycles. The molecule has 9 nitrogen and oxygen atoms in total. The molecule has 3 aromatic heterocycles. The molecule has 3 aromatic rings. The lowest BCUT2D eigenvalue weighted by Crippen LogP contribution is -2.42. The van der Waals surface area contributed by atoms with Gasteiger partial charge in [0.1, 0.15) is 17.3 Å². The molecule has 1 aliphatic rings. The van der Waals surface area contributed by atoms with Crippen LogP contribution in [0.3, 0.4) is 0 Å². The van der Waals surface area contributed by atoms with Crippen LogP contribution in [0.5, 0.6) is 11.5 Å². The fourth-order valence-corrected chi connectivity index (χ4v) is 3.31. The molecule has 166 valence electrons. The first kappa shape index (κ1) is 21.9. The number of aromatic nitrogens is 4. The molecule has 0 aromatic carbocycles. The van der Waals surface area contributed by atoms with Gasteiger partial charge in [-0.25, -0.2) is 9.78 Å². The quantitative estimate of drug-likeness (QED) is 0.633. The number of aryl methyl sites for hydroxylation is 1. The second-order valence-electron chi connectivity index (χ2n) is 7.48. The molecule has 4 rings (SSSR count). The summed E-state index contributed by atoms with van der Waals surface area (Å²) in [5.74, 6) is 1.64. The van der Waals surface area contributed by atoms with Crippen molar-refractivity contribution in [3.05, 3.63) is 49.1 Å². The smallest absolute Gasteiger partial charge is 0.327 e. The van der Waals surface area contributed by atoms with Gasteiger partial charge in [-0.2, -0.15) is 5.10 Å². The van der Waals surface area contributed by atoms with Crippen LogP contribution in [0.2, 0.25) is 0 Å². The second-order valence-corrected chi connectivity index (χ2v) is 7.48. The fourth-order valence-electron chi connectivity index (χ4n) is 3.31. The number of hydrogen-bond acceptors (Lipinski definition) is 6. The Labute approximate surface area is 181 Å². The zero-order valence-corrected chi connectivity index (χ0v) is 17.1. The average Bonchev–Trinajstić information content (AvgIpc) is 3.13. The maximum Gasteiger partial charge on any atom is 0.327 e. The van der Waals surface area contributed by atoms with Gasteiger partial charge in [-0.05, 0) is 37.0 Å². The van der Waals surface area contributed by atoms with Gasteiger partial charge in [0.25, 0.3) is 0 Å². The van der Waals surface area contributed by atoms with E-state index in [9.17, 15) is 9.59 Å². The van der Waals surface area contributed by atoms with Crippen LogP contribution in [0, 0.1) is 11.8 Å². The van der Waals surface area contributed by atoms with Crippen molar-refractivity contribution in [2.75, 3.05) is 5.32 Å². The van der Waals surface area contributed by atoms with Crippen LogP contribution >= 0.6 is 0 Å². The number of amides is 3. The van der Waals surface area contributed by atoms with Crippen molar-refractivity contribution in [3.8, 4) is 22.8 Å². The zero-order chi connectivity index (χ0) is 21.1. The van der Waals surface area contributed by atoms with Crippen LogP contribution in [0.4, 0.5) is 15.3 Å². The monoisotopic (exact) mass is 430 g/mol. The lowest BCUT2D eigenvalue weighted by atomic mass is 9.76. The summed E-state index contributed by atoms with van der Waals surface area (Å²) in [6.07, 6.45) is 8.40. The molecule has 0 unspecified atom stereocenters. The molecule has 0 radical (unpaired) electrons. The molecule has 0 atom stereocenters. The van der Waals surface area contributed by atoms with E-state index < -0.39 is 6.03 Å². The molecule has 2 N–H and O–H groups in total. The highest BCUT2D eigenvalue weighted by Crippen LogP contribution is 2.33. The number of imide groups is 1. The van der Waals surface area contributed by atoms with Crippen molar-refractivity contribution in [1.82, 2.24) is 25.1 Å². The summed E-state index contributed by atoms with van der Waals surface area (Å²) in [6, 6.07) is 6.25. The van der Waals surface area contributed by atoms with Gasteiger partial charge in [0.2, 0.25) is 5.91 Å². The first-order valence-corrected chi connectivity index (χ1v) is 9.67. The lowest BCUT2D eigenvalue weighted by molar-refractivity contribution is -0.127. The first-order chi connectivity index (χ1) is 14.5. The summed E-state index contributed by atoms with van der Waals surface area (Å²) in [7, 11) is 1.84. The normalized spacial score (nSPS) is 17.1. The topological polar surface area (TPSA) is 111 Å². The summed E-state index contributed by atoms with van der Waals surface area (Å²) >= 11 is 0. The van der Waals surface area contributed by atoms with E-state index >= 15 is 0 Å². The molecule has 1 aliphatic carbocycles. The van der Waals surface area contributed by atoms with Crippen molar-refractivity contribution >= 4 is 17.8 Å². The fraction of sp³-hybridized carbons (Fsp3) is 0.286. The minimum absolute atomic E-state index is 0. The Kier molecular flexibility index (Phi) is 6.58. The van der Waals surface area contributed by atoms with Gasteiger partial charge < -0.3 is 4.74 Å². The minimum Gasteiger partial charge on any atom is -0.456 e. The summed E-state index contributed by atoms with van der Waals surface area (Å²) < 4.78 is 7.53. The molecular formula is C21H27FN6O3. The van der Waals surface area contributed by atoms with E-state index in [2.05, 4.69) is 32.6 Å². The Hall–Kier alpha value is -3.82. The number of ether oxygens (including phenoxy) is 1. The van der Waals surface area contributed by atoms with Crippen molar-refractivity contribution in [2.24, 2.45) is 18.9 Å². The Morgan fingerprint density at radius 1 is 1.16 bits per heavy atom. The van der Waals surface area contributed by atoms with Crippen LogP contribution in [0.15, 0.2) is 49.1 Å².